The third-order valence-corrected chi connectivity index (χ3v) is 3.58. The molecule has 2 rings (SSSR count). The lowest BCUT2D eigenvalue weighted by atomic mass is 10.1. The van der Waals surface area contributed by atoms with Gasteiger partial charge in [0.25, 0.3) is 0 Å². The van der Waals surface area contributed by atoms with Gasteiger partial charge in [-0.15, -0.1) is 0 Å². The fraction of sp³-hybridized carbons (Fsp3) is 0.571. The number of aliphatic hydroxyl groups is 1. The van der Waals surface area contributed by atoms with Gasteiger partial charge in [0.15, 0.2) is 0 Å². The number of nitrogen functional groups attached to an aromatic ring is 1. The van der Waals surface area contributed by atoms with Gasteiger partial charge in [-0.2, -0.15) is 0 Å². The summed E-state index contributed by atoms with van der Waals surface area (Å²) in [5, 5.41) is 9.45. The Hall–Kier alpha value is -1.06. The maximum absolute atomic E-state index is 9.45. The molecule has 94 valence electrons. The highest BCUT2D eigenvalue weighted by molar-refractivity contribution is 5.39. The van der Waals surface area contributed by atoms with Crippen molar-refractivity contribution in [2.45, 2.75) is 38.3 Å². The standard InChI is InChI=1S/C14H22N2O/c15-13-7-5-12(6-8-13)10-16-9-3-1-2-4-14(16)11-17/h5-8,14,17H,1-4,9-11,15H2. The summed E-state index contributed by atoms with van der Waals surface area (Å²) in [7, 11) is 0. The molecule has 3 heteroatoms. The molecule has 1 aliphatic rings. The Kier molecular flexibility index (Phi) is 4.40. The van der Waals surface area contributed by atoms with E-state index in [1.807, 2.05) is 12.1 Å². The molecule has 0 radical (unpaired) electrons. The van der Waals surface area contributed by atoms with E-state index in [-0.39, 0.29) is 6.61 Å². The van der Waals surface area contributed by atoms with Gasteiger partial charge in [0.05, 0.1) is 6.61 Å². The molecule has 0 bridgehead atoms. The second kappa shape index (κ2) is 6.03. The predicted octanol–water partition coefficient (Wildman–Crippen LogP) is 2.01. The Morgan fingerprint density at radius 3 is 2.65 bits per heavy atom. The van der Waals surface area contributed by atoms with Crippen molar-refractivity contribution < 1.29 is 5.11 Å². The zero-order chi connectivity index (χ0) is 12.1. The first-order chi connectivity index (χ1) is 8.29. The summed E-state index contributed by atoms with van der Waals surface area (Å²) in [4.78, 5) is 2.40. The zero-order valence-electron chi connectivity index (χ0n) is 10.3. The van der Waals surface area contributed by atoms with Crippen molar-refractivity contribution in [1.29, 1.82) is 0 Å². The second-order valence-corrected chi connectivity index (χ2v) is 4.90. The lowest BCUT2D eigenvalue weighted by molar-refractivity contribution is 0.118. The molecular weight excluding hydrogens is 212 g/mol. The van der Waals surface area contributed by atoms with E-state index in [0.29, 0.717) is 6.04 Å². The van der Waals surface area contributed by atoms with Gasteiger partial charge in [-0.05, 0) is 37.1 Å². The molecule has 0 spiro atoms. The molecule has 1 fully saturated rings. The van der Waals surface area contributed by atoms with Crippen molar-refractivity contribution in [3.05, 3.63) is 29.8 Å². The van der Waals surface area contributed by atoms with Gasteiger partial charge in [0.1, 0.15) is 0 Å². The number of hydrogen-bond acceptors (Lipinski definition) is 3. The van der Waals surface area contributed by atoms with E-state index >= 15 is 0 Å². The van der Waals surface area contributed by atoms with Crippen molar-refractivity contribution in [3.63, 3.8) is 0 Å². The van der Waals surface area contributed by atoms with Gasteiger partial charge in [-0.25, -0.2) is 0 Å². The molecular formula is C14H22N2O. The summed E-state index contributed by atoms with van der Waals surface area (Å²) in [5.41, 5.74) is 7.77. The zero-order valence-corrected chi connectivity index (χ0v) is 10.3. The van der Waals surface area contributed by atoms with Crippen LogP contribution in [0.15, 0.2) is 24.3 Å². The minimum Gasteiger partial charge on any atom is -0.399 e. The van der Waals surface area contributed by atoms with Crippen molar-refractivity contribution in [3.8, 4) is 0 Å². The van der Waals surface area contributed by atoms with E-state index in [2.05, 4.69) is 17.0 Å². The summed E-state index contributed by atoms with van der Waals surface area (Å²) in [5.74, 6) is 0. The number of nitrogens with two attached hydrogens (primary N) is 1. The van der Waals surface area contributed by atoms with Gasteiger partial charge in [0.2, 0.25) is 0 Å². The van der Waals surface area contributed by atoms with E-state index in [1.165, 1.54) is 24.8 Å². The first kappa shape index (κ1) is 12.4. The van der Waals surface area contributed by atoms with Crippen molar-refractivity contribution in [2.24, 2.45) is 0 Å². The van der Waals surface area contributed by atoms with Crippen LogP contribution in [-0.2, 0) is 6.54 Å². The molecule has 0 aliphatic carbocycles. The first-order valence-electron chi connectivity index (χ1n) is 6.49. The fourth-order valence-electron chi connectivity index (χ4n) is 2.51. The highest BCUT2D eigenvalue weighted by Gasteiger charge is 2.19. The Morgan fingerprint density at radius 1 is 1.18 bits per heavy atom. The van der Waals surface area contributed by atoms with E-state index in [9.17, 15) is 5.11 Å². The van der Waals surface area contributed by atoms with Crippen molar-refractivity contribution in [1.82, 2.24) is 4.90 Å². The van der Waals surface area contributed by atoms with E-state index in [0.717, 1.165) is 25.2 Å². The maximum Gasteiger partial charge on any atom is 0.0586 e. The van der Waals surface area contributed by atoms with Crippen LogP contribution in [0.4, 0.5) is 5.69 Å². The third-order valence-electron chi connectivity index (χ3n) is 3.58. The van der Waals surface area contributed by atoms with E-state index < -0.39 is 0 Å². The van der Waals surface area contributed by atoms with Crippen LogP contribution in [0.1, 0.15) is 31.2 Å². The minimum absolute atomic E-state index is 0.273. The van der Waals surface area contributed by atoms with Crippen LogP contribution in [0, 0.1) is 0 Å². The van der Waals surface area contributed by atoms with Crippen LogP contribution in [0.2, 0.25) is 0 Å². The molecule has 3 N–H and O–H groups in total. The lowest BCUT2D eigenvalue weighted by Gasteiger charge is -2.28. The molecule has 0 saturated carbocycles. The first-order valence-corrected chi connectivity index (χ1v) is 6.49. The fourth-order valence-corrected chi connectivity index (χ4v) is 2.51. The molecule has 1 aliphatic heterocycles. The molecule has 1 heterocycles. The van der Waals surface area contributed by atoms with Gasteiger partial charge < -0.3 is 10.8 Å². The van der Waals surface area contributed by atoms with Crippen LogP contribution < -0.4 is 5.73 Å². The number of benzene rings is 1. The summed E-state index contributed by atoms with van der Waals surface area (Å²) in [6.07, 6.45) is 4.88. The van der Waals surface area contributed by atoms with Gasteiger partial charge >= 0.3 is 0 Å². The van der Waals surface area contributed by atoms with Crippen LogP contribution in [-0.4, -0.2) is 29.2 Å². The Labute approximate surface area is 103 Å². The molecule has 17 heavy (non-hydrogen) atoms. The summed E-state index contributed by atoms with van der Waals surface area (Å²) < 4.78 is 0. The topological polar surface area (TPSA) is 49.5 Å². The molecule has 0 amide bonds. The Morgan fingerprint density at radius 2 is 1.94 bits per heavy atom. The molecule has 1 atom stereocenters. The number of aliphatic hydroxyl groups excluding tert-OH is 1. The summed E-state index contributed by atoms with van der Waals surface area (Å²) in [6.45, 7) is 2.29. The number of rotatable bonds is 3. The summed E-state index contributed by atoms with van der Waals surface area (Å²) in [6, 6.07) is 8.38. The van der Waals surface area contributed by atoms with Gasteiger partial charge in [0, 0.05) is 18.3 Å². The predicted molar refractivity (Wildman–Crippen MR) is 70.6 cm³/mol. The average molecular weight is 234 g/mol. The Balaban J connectivity index is 2.01. The summed E-state index contributed by atoms with van der Waals surface area (Å²) >= 11 is 0. The van der Waals surface area contributed by atoms with E-state index in [4.69, 9.17) is 5.73 Å². The smallest absolute Gasteiger partial charge is 0.0586 e. The van der Waals surface area contributed by atoms with Crippen molar-refractivity contribution >= 4 is 5.69 Å². The maximum atomic E-state index is 9.45. The van der Waals surface area contributed by atoms with Crippen LogP contribution in [0.3, 0.4) is 0 Å². The van der Waals surface area contributed by atoms with Gasteiger partial charge in [-0.1, -0.05) is 25.0 Å². The monoisotopic (exact) mass is 234 g/mol. The highest BCUT2D eigenvalue weighted by atomic mass is 16.3. The average Bonchev–Trinajstić information content (AvgIpc) is 2.57. The lowest BCUT2D eigenvalue weighted by Crippen LogP contribution is -2.36. The SMILES string of the molecule is Nc1ccc(CN2CCCCCC2CO)cc1. The van der Waals surface area contributed by atoms with Crippen molar-refractivity contribution in [2.75, 3.05) is 18.9 Å². The van der Waals surface area contributed by atoms with Crippen LogP contribution in [0.25, 0.3) is 0 Å². The molecule has 1 unspecified atom stereocenters. The molecule has 1 aromatic carbocycles. The molecule has 0 aromatic heterocycles. The highest BCUT2D eigenvalue weighted by Crippen LogP contribution is 2.19. The number of anilines is 1. The Bertz CT molecular complexity index is 337. The molecule has 3 nitrogen and oxygen atoms in total. The molecule has 1 aromatic rings. The second-order valence-electron chi connectivity index (χ2n) is 4.90. The van der Waals surface area contributed by atoms with Crippen LogP contribution >= 0.6 is 0 Å². The number of nitrogens with zero attached hydrogens (tertiary/aromatic N) is 1. The normalized spacial score (nSPS) is 22.3. The number of hydrogen-bond donors (Lipinski definition) is 2. The minimum atomic E-state index is 0.273. The number of likely N-dealkylation sites (tertiary alicyclic amines) is 1. The quantitative estimate of drug-likeness (QED) is 0.787. The van der Waals surface area contributed by atoms with Crippen LogP contribution in [0.5, 0.6) is 0 Å². The third kappa shape index (κ3) is 3.45. The largest absolute Gasteiger partial charge is 0.399 e. The van der Waals surface area contributed by atoms with Gasteiger partial charge in [-0.3, -0.25) is 4.90 Å². The molecule has 1 saturated heterocycles. The van der Waals surface area contributed by atoms with E-state index in [1.54, 1.807) is 0 Å².